The molecule has 25 heavy (non-hydrogen) atoms. The first-order chi connectivity index (χ1) is 11.9. The Kier molecular flexibility index (Phi) is 6.58. The molecule has 2 rings (SSSR count). The molecule has 0 aliphatic heterocycles. The molecule has 7 nitrogen and oxygen atoms in total. The SMILES string of the molecule is CCOC(=O)Cc1nnc(SCC(=O)Nc2c(C)cccc2C)n1C. The molecule has 0 saturated carbocycles. The van der Waals surface area contributed by atoms with Crippen molar-refractivity contribution in [2.24, 2.45) is 7.05 Å². The zero-order valence-electron chi connectivity index (χ0n) is 14.8. The van der Waals surface area contributed by atoms with Crippen LogP contribution >= 0.6 is 11.8 Å². The molecule has 8 heteroatoms. The summed E-state index contributed by atoms with van der Waals surface area (Å²) in [6.45, 7) is 6.00. The maximum Gasteiger partial charge on any atom is 0.313 e. The lowest BCUT2D eigenvalue weighted by molar-refractivity contribution is -0.142. The number of hydrogen-bond acceptors (Lipinski definition) is 6. The standard InChI is InChI=1S/C17H22N4O3S/c1-5-24-15(23)9-13-19-20-17(21(13)4)25-10-14(22)18-16-11(2)7-6-8-12(16)3/h6-8H,5,9-10H2,1-4H3,(H,18,22). The van der Waals surface area contributed by atoms with E-state index in [0.717, 1.165) is 16.8 Å². The maximum absolute atomic E-state index is 12.2. The van der Waals surface area contributed by atoms with Crippen molar-refractivity contribution in [2.45, 2.75) is 32.3 Å². The molecule has 1 N–H and O–H groups in total. The highest BCUT2D eigenvalue weighted by molar-refractivity contribution is 7.99. The molecule has 0 bridgehead atoms. The molecule has 1 aromatic heterocycles. The average Bonchev–Trinajstić information content (AvgIpc) is 2.90. The Balaban J connectivity index is 1.94. The number of rotatable bonds is 7. The quantitative estimate of drug-likeness (QED) is 0.601. The molecule has 1 heterocycles. The normalized spacial score (nSPS) is 10.6. The van der Waals surface area contributed by atoms with Gasteiger partial charge in [0.2, 0.25) is 5.91 Å². The number of amides is 1. The number of para-hydroxylation sites is 1. The van der Waals surface area contributed by atoms with Gasteiger partial charge >= 0.3 is 5.97 Å². The Hall–Kier alpha value is -2.35. The van der Waals surface area contributed by atoms with Crippen LogP contribution in [0.1, 0.15) is 23.9 Å². The lowest BCUT2D eigenvalue weighted by Crippen LogP contribution is -2.16. The molecule has 134 valence electrons. The highest BCUT2D eigenvalue weighted by atomic mass is 32.2. The van der Waals surface area contributed by atoms with Crippen LogP contribution in [0.5, 0.6) is 0 Å². The van der Waals surface area contributed by atoms with E-state index in [9.17, 15) is 9.59 Å². The third-order valence-electron chi connectivity index (χ3n) is 3.61. The van der Waals surface area contributed by atoms with E-state index in [4.69, 9.17) is 4.74 Å². The molecular formula is C17H22N4O3S. The van der Waals surface area contributed by atoms with Gasteiger partial charge in [0.05, 0.1) is 12.4 Å². The van der Waals surface area contributed by atoms with E-state index in [1.54, 1.807) is 18.5 Å². The fourth-order valence-corrected chi connectivity index (χ4v) is 3.01. The van der Waals surface area contributed by atoms with Crippen LogP contribution in [-0.4, -0.2) is 39.0 Å². The van der Waals surface area contributed by atoms with Gasteiger partial charge in [0, 0.05) is 12.7 Å². The zero-order chi connectivity index (χ0) is 18.4. The summed E-state index contributed by atoms with van der Waals surface area (Å²) in [5, 5.41) is 11.5. The number of aryl methyl sites for hydroxylation is 2. The second-order valence-electron chi connectivity index (χ2n) is 5.54. The summed E-state index contributed by atoms with van der Waals surface area (Å²) in [6, 6.07) is 5.87. The zero-order valence-corrected chi connectivity index (χ0v) is 15.6. The summed E-state index contributed by atoms with van der Waals surface area (Å²) >= 11 is 1.27. The largest absolute Gasteiger partial charge is 0.466 e. The lowest BCUT2D eigenvalue weighted by atomic mass is 10.1. The summed E-state index contributed by atoms with van der Waals surface area (Å²) < 4.78 is 6.61. The predicted octanol–water partition coefficient (Wildman–Crippen LogP) is 2.27. The minimum atomic E-state index is -0.345. The number of nitrogens with one attached hydrogen (secondary N) is 1. The Labute approximate surface area is 151 Å². The number of aromatic nitrogens is 3. The monoisotopic (exact) mass is 362 g/mol. The summed E-state index contributed by atoms with van der Waals surface area (Å²) in [5.41, 5.74) is 2.89. The molecule has 0 spiro atoms. The van der Waals surface area contributed by atoms with Gasteiger partial charge in [0.25, 0.3) is 0 Å². The van der Waals surface area contributed by atoms with E-state index in [1.165, 1.54) is 11.8 Å². The van der Waals surface area contributed by atoms with Crippen molar-refractivity contribution in [3.63, 3.8) is 0 Å². The minimum absolute atomic E-state index is 0.0620. The molecule has 0 saturated heterocycles. The van der Waals surface area contributed by atoms with Crippen molar-refractivity contribution in [2.75, 3.05) is 17.7 Å². The van der Waals surface area contributed by atoms with Crippen molar-refractivity contribution in [1.29, 1.82) is 0 Å². The molecule has 2 aromatic rings. The summed E-state index contributed by atoms with van der Waals surface area (Å²) in [5.74, 6) is 0.259. The van der Waals surface area contributed by atoms with E-state index in [1.807, 2.05) is 32.0 Å². The smallest absolute Gasteiger partial charge is 0.313 e. The molecule has 0 unspecified atom stereocenters. The number of benzene rings is 1. The van der Waals surface area contributed by atoms with E-state index < -0.39 is 0 Å². The number of thioether (sulfide) groups is 1. The van der Waals surface area contributed by atoms with Crippen LogP contribution in [-0.2, 0) is 27.8 Å². The van der Waals surface area contributed by atoms with Gasteiger partial charge in [0.15, 0.2) is 5.16 Å². The van der Waals surface area contributed by atoms with E-state index in [2.05, 4.69) is 15.5 Å². The summed E-state index contributed by atoms with van der Waals surface area (Å²) in [7, 11) is 1.76. The van der Waals surface area contributed by atoms with E-state index in [0.29, 0.717) is 17.6 Å². The topological polar surface area (TPSA) is 86.1 Å². The number of ether oxygens (including phenoxy) is 1. The highest BCUT2D eigenvalue weighted by Crippen LogP contribution is 2.21. The van der Waals surface area contributed by atoms with Gasteiger partial charge in [-0.2, -0.15) is 0 Å². The van der Waals surface area contributed by atoms with Gasteiger partial charge < -0.3 is 14.6 Å². The van der Waals surface area contributed by atoms with Crippen LogP contribution in [0.3, 0.4) is 0 Å². The third kappa shape index (κ3) is 5.06. The minimum Gasteiger partial charge on any atom is -0.466 e. The van der Waals surface area contributed by atoms with Gasteiger partial charge in [-0.15, -0.1) is 10.2 Å². The number of hydrogen-bond donors (Lipinski definition) is 1. The van der Waals surface area contributed by atoms with Crippen LogP contribution in [0.2, 0.25) is 0 Å². The second kappa shape index (κ2) is 8.66. The first-order valence-electron chi connectivity index (χ1n) is 7.95. The van der Waals surface area contributed by atoms with Crippen molar-refractivity contribution < 1.29 is 14.3 Å². The molecular weight excluding hydrogens is 340 g/mol. The fraction of sp³-hybridized carbons (Fsp3) is 0.412. The number of esters is 1. The highest BCUT2D eigenvalue weighted by Gasteiger charge is 2.15. The Morgan fingerprint density at radius 2 is 1.92 bits per heavy atom. The van der Waals surface area contributed by atoms with Crippen LogP contribution in [0.15, 0.2) is 23.4 Å². The molecule has 0 aliphatic rings. The van der Waals surface area contributed by atoms with Crippen molar-refractivity contribution in [1.82, 2.24) is 14.8 Å². The number of carbonyl (C=O) groups excluding carboxylic acids is 2. The average molecular weight is 362 g/mol. The molecule has 0 radical (unpaired) electrons. The van der Waals surface area contributed by atoms with Crippen molar-refractivity contribution >= 4 is 29.3 Å². The summed E-state index contributed by atoms with van der Waals surface area (Å²) in [4.78, 5) is 23.7. The number of carbonyl (C=O) groups is 2. The van der Waals surface area contributed by atoms with Gasteiger partial charge in [-0.3, -0.25) is 9.59 Å². The van der Waals surface area contributed by atoms with E-state index in [-0.39, 0.29) is 24.1 Å². The van der Waals surface area contributed by atoms with Gasteiger partial charge in [-0.05, 0) is 31.9 Å². The van der Waals surface area contributed by atoms with E-state index >= 15 is 0 Å². The van der Waals surface area contributed by atoms with Crippen LogP contribution in [0, 0.1) is 13.8 Å². The number of anilines is 1. The van der Waals surface area contributed by atoms with Crippen LogP contribution < -0.4 is 5.32 Å². The first kappa shape index (κ1) is 19.0. The Morgan fingerprint density at radius 1 is 1.24 bits per heavy atom. The summed E-state index contributed by atoms with van der Waals surface area (Å²) in [6.07, 6.45) is 0.0620. The third-order valence-corrected chi connectivity index (χ3v) is 4.63. The molecule has 1 aromatic carbocycles. The van der Waals surface area contributed by atoms with Gasteiger partial charge in [-0.1, -0.05) is 30.0 Å². The van der Waals surface area contributed by atoms with Crippen molar-refractivity contribution in [3.05, 3.63) is 35.2 Å². The lowest BCUT2D eigenvalue weighted by Gasteiger charge is -2.11. The Bertz CT molecular complexity index is 753. The molecule has 0 atom stereocenters. The maximum atomic E-state index is 12.2. The van der Waals surface area contributed by atoms with Crippen molar-refractivity contribution in [3.8, 4) is 0 Å². The molecule has 0 aliphatic carbocycles. The number of nitrogens with zero attached hydrogens (tertiary/aromatic N) is 3. The van der Waals surface area contributed by atoms with Gasteiger partial charge in [-0.25, -0.2) is 0 Å². The Morgan fingerprint density at radius 3 is 2.56 bits per heavy atom. The molecule has 1 amide bonds. The van der Waals surface area contributed by atoms with Gasteiger partial charge in [0.1, 0.15) is 12.2 Å². The second-order valence-corrected chi connectivity index (χ2v) is 6.49. The van der Waals surface area contributed by atoms with Crippen LogP contribution in [0.4, 0.5) is 5.69 Å². The van der Waals surface area contributed by atoms with Crippen LogP contribution in [0.25, 0.3) is 0 Å². The predicted molar refractivity (Wildman–Crippen MR) is 96.6 cm³/mol. The molecule has 0 fully saturated rings. The fourth-order valence-electron chi connectivity index (χ4n) is 2.28. The first-order valence-corrected chi connectivity index (χ1v) is 8.93.